The van der Waals surface area contributed by atoms with Crippen LogP contribution in [0.5, 0.6) is 0 Å². The monoisotopic (exact) mass is 213 g/mol. The molecule has 0 aliphatic heterocycles. The molecule has 1 rings (SSSR count). The van der Waals surface area contributed by atoms with E-state index in [0.717, 1.165) is 5.92 Å². The van der Waals surface area contributed by atoms with E-state index in [4.69, 9.17) is 0 Å². The van der Waals surface area contributed by atoms with E-state index in [2.05, 4.69) is 26.1 Å². The summed E-state index contributed by atoms with van der Waals surface area (Å²) in [5.41, 5.74) is -0.149. The SMILES string of the molecule is CCC1CCC(NC(C)(C)C(C)O)CC1. The summed E-state index contributed by atoms with van der Waals surface area (Å²) in [7, 11) is 0. The first kappa shape index (κ1) is 13.0. The Hall–Kier alpha value is -0.0800. The molecular formula is C13H27NO. The first-order valence-corrected chi connectivity index (χ1v) is 6.41. The second-order valence-corrected chi connectivity index (χ2v) is 5.67. The molecule has 1 aliphatic rings. The quantitative estimate of drug-likeness (QED) is 0.752. The third-order valence-corrected chi connectivity index (χ3v) is 4.04. The van der Waals surface area contributed by atoms with Gasteiger partial charge in [-0.15, -0.1) is 0 Å². The Balaban J connectivity index is 2.35. The molecule has 0 bridgehead atoms. The number of rotatable bonds is 4. The molecule has 0 aromatic carbocycles. The van der Waals surface area contributed by atoms with Gasteiger partial charge in [-0.1, -0.05) is 13.3 Å². The van der Waals surface area contributed by atoms with Crippen LogP contribution in [0.2, 0.25) is 0 Å². The molecule has 2 N–H and O–H groups in total. The topological polar surface area (TPSA) is 32.3 Å². The van der Waals surface area contributed by atoms with Gasteiger partial charge in [0, 0.05) is 11.6 Å². The molecule has 1 fully saturated rings. The molecule has 0 saturated heterocycles. The van der Waals surface area contributed by atoms with Gasteiger partial charge < -0.3 is 10.4 Å². The number of aliphatic hydroxyl groups is 1. The van der Waals surface area contributed by atoms with Gasteiger partial charge in [-0.05, 0) is 52.4 Å². The molecule has 0 spiro atoms. The zero-order valence-corrected chi connectivity index (χ0v) is 10.7. The normalized spacial score (nSPS) is 30.2. The maximum absolute atomic E-state index is 9.65. The number of hydrogen-bond donors (Lipinski definition) is 2. The minimum atomic E-state index is -0.290. The van der Waals surface area contributed by atoms with E-state index < -0.39 is 0 Å². The number of hydrogen-bond acceptors (Lipinski definition) is 2. The maximum atomic E-state index is 9.65. The zero-order chi connectivity index (χ0) is 11.5. The summed E-state index contributed by atoms with van der Waals surface area (Å²) in [6, 6.07) is 0.609. The van der Waals surface area contributed by atoms with Gasteiger partial charge in [0.15, 0.2) is 0 Å². The molecule has 15 heavy (non-hydrogen) atoms. The van der Waals surface area contributed by atoms with Gasteiger partial charge in [-0.25, -0.2) is 0 Å². The van der Waals surface area contributed by atoms with Crippen molar-refractivity contribution in [3.05, 3.63) is 0 Å². The summed E-state index contributed by atoms with van der Waals surface area (Å²) in [6.07, 6.45) is 6.28. The zero-order valence-electron chi connectivity index (χ0n) is 10.7. The van der Waals surface area contributed by atoms with Crippen molar-refractivity contribution < 1.29 is 5.11 Å². The molecule has 1 atom stereocenters. The minimum Gasteiger partial charge on any atom is -0.392 e. The fourth-order valence-corrected chi connectivity index (χ4v) is 2.36. The van der Waals surface area contributed by atoms with Gasteiger partial charge in [-0.3, -0.25) is 0 Å². The van der Waals surface area contributed by atoms with E-state index in [1.165, 1.54) is 32.1 Å². The lowest BCUT2D eigenvalue weighted by molar-refractivity contribution is 0.0804. The molecule has 0 aromatic rings. The van der Waals surface area contributed by atoms with Crippen LogP contribution < -0.4 is 5.32 Å². The largest absolute Gasteiger partial charge is 0.392 e. The van der Waals surface area contributed by atoms with Crippen LogP contribution in [0.25, 0.3) is 0 Å². The van der Waals surface area contributed by atoms with Crippen molar-refractivity contribution >= 4 is 0 Å². The van der Waals surface area contributed by atoms with Gasteiger partial charge in [-0.2, -0.15) is 0 Å². The molecule has 2 nitrogen and oxygen atoms in total. The van der Waals surface area contributed by atoms with Crippen molar-refractivity contribution in [1.82, 2.24) is 5.32 Å². The van der Waals surface area contributed by atoms with Crippen LogP contribution in [0.15, 0.2) is 0 Å². The Morgan fingerprint density at radius 3 is 2.20 bits per heavy atom. The van der Waals surface area contributed by atoms with Gasteiger partial charge in [0.1, 0.15) is 0 Å². The molecule has 1 aliphatic carbocycles. The molecule has 90 valence electrons. The molecule has 0 aromatic heterocycles. The number of nitrogens with one attached hydrogen (secondary N) is 1. The van der Waals surface area contributed by atoms with Crippen LogP contribution in [-0.2, 0) is 0 Å². The second-order valence-electron chi connectivity index (χ2n) is 5.67. The van der Waals surface area contributed by atoms with Crippen LogP contribution in [0, 0.1) is 5.92 Å². The van der Waals surface area contributed by atoms with E-state index in [1.54, 1.807) is 0 Å². The van der Waals surface area contributed by atoms with Crippen LogP contribution in [-0.4, -0.2) is 22.8 Å². The average molecular weight is 213 g/mol. The number of aliphatic hydroxyl groups excluding tert-OH is 1. The van der Waals surface area contributed by atoms with E-state index in [0.29, 0.717) is 6.04 Å². The Morgan fingerprint density at radius 1 is 1.27 bits per heavy atom. The molecule has 0 heterocycles. The summed E-state index contributed by atoms with van der Waals surface area (Å²) in [6.45, 7) is 8.33. The lowest BCUT2D eigenvalue weighted by Crippen LogP contribution is -2.53. The Morgan fingerprint density at radius 2 is 1.80 bits per heavy atom. The van der Waals surface area contributed by atoms with E-state index in [-0.39, 0.29) is 11.6 Å². The van der Waals surface area contributed by atoms with Crippen molar-refractivity contribution in [3.8, 4) is 0 Å². The van der Waals surface area contributed by atoms with E-state index in [1.807, 2.05) is 6.92 Å². The van der Waals surface area contributed by atoms with Crippen LogP contribution in [0.3, 0.4) is 0 Å². The molecule has 1 unspecified atom stereocenters. The summed E-state index contributed by atoms with van der Waals surface area (Å²) >= 11 is 0. The molecule has 0 amide bonds. The predicted octanol–water partition coefficient (Wildman–Crippen LogP) is 2.70. The van der Waals surface area contributed by atoms with E-state index in [9.17, 15) is 5.11 Å². The fraction of sp³-hybridized carbons (Fsp3) is 1.00. The van der Waals surface area contributed by atoms with Gasteiger partial charge in [0.05, 0.1) is 6.10 Å². The first-order valence-electron chi connectivity index (χ1n) is 6.41. The summed E-state index contributed by atoms with van der Waals surface area (Å²) in [5.74, 6) is 0.942. The highest BCUT2D eigenvalue weighted by Gasteiger charge is 2.29. The standard InChI is InChI=1S/C13H27NO/c1-5-11-6-8-12(9-7-11)14-13(3,4)10(2)15/h10-12,14-15H,5-9H2,1-4H3. The fourth-order valence-electron chi connectivity index (χ4n) is 2.36. The first-order chi connectivity index (χ1) is 6.95. The highest BCUT2D eigenvalue weighted by molar-refractivity contribution is 4.88. The lowest BCUT2D eigenvalue weighted by atomic mass is 9.83. The van der Waals surface area contributed by atoms with Crippen LogP contribution in [0.1, 0.15) is 59.8 Å². The summed E-state index contributed by atoms with van der Waals surface area (Å²) in [4.78, 5) is 0. The predicted molar refractivity (Wildman–Crippen MR) is 64.9 cm³/mol. The molecule has 2 heteroatoms. The van der Waals surface area contributed by atoms with Gasteiger partial charge in [0.25, 0.3) is 0 Å². The highest BCUT2D eigenvalue weighted by atomic mass is 16.3. The Kier molecular flexibility index (Phi) is 4.60. The minimum absolute atomic E-state index is 0.149. The summed E-state index contributed by atoms with van der Waals surface area (Å²) in [5, 5.41) is 13.2. The smallest absolute Gasteiger partial charge is 0.0688 e. The van der Waals surface area contributed by atoms with Crippen LogP contribution in [0.4, 0.5) is 0 Å². The highest BCUT2D eigenvalue weighted by Crippen LogP contribution is 2.27. The van der Waals surface area contributed by atoms with Gasteiger partial charge >= 0.3 is 0 Å². The Labute approximate surface area is 94.5 Å². The molecular weight excluding hydrogens is 186 g/mol. The molecule has 0 radical (unpaired) electrons. The summed E-state index contributed by atoms with van der Waals surface area (Å²) < 4.78 is 0. The van der Waals surface area contributed by atoms with Crippen molar-refractivity contribution in [2.24, 2.45) is 5.92 Å². The molecule has 1 saturated carbocycles. The average Bonchev–Trinajstić information content (AvgIpc) is 2.18. The van der Waals surface area contributed by atoms with Crippen molar-refractivity contribution in [2.45, 2.75) is 77.5 Å². The lowest BCUT2D eigenvalue weighted by Gasteiger charge is -2.37. The third-order valence-electron chi connectivity index (χ3n) is 4.04. The van der Waals surface area contributed by atoms with Gasteiger partial charge in [0.2, 0.25) is 0 Å². The van der Waals surface area contributed by atoms with Crippen molar-refractivity contribution in [3.63, 3.8) is 0 Å². The third kappa shape index (κ3) is 3.76. The van der Waals surface area contributed by atoms with E-state index >= 15 is 0 Å². The van der Waals surface area contributed by atoms with Crippen molar-refractivity contribution in [2.75, 3.05) is 0 Å². The van der Waals surface area contributed by atoms with Crippen LogP contribution >= 0.6 is 0 Å². The Bertz CT molecular complexity index is 181. The van der Waals surface area contributed by atoms with Crippen molar-refractivity contribution in [1.29, 1.82) is 0 Å². The maximum Gasteiger partial charge on any atom is 0.0688 e. The second kappa shape index (κ2) is 5.31.